The predicted octanol–water partition coefficient (Wildman–Crippen LogP) is 3.65. The van der Waals surface area contributed by atoms with Gasteiger partial charge in [0.15, 0.2) is 0 Å². The molecule has 0 saturated carbocycles. The van der Waals surface area contributed by atoms with E-state index < -0.39 is 4.92 Å². The minimum absolute atomic E-state index is 0.0902. The standard InChI is InChI=1S/C17H18N2O3/c1-3-13-7-9-14(10-8-13)12(2)18-17(20)15-5-4-6-16(11-15)19(21)22/h4-12H,3H2,1-2H3,(H,18,20)/t12-/m1/s1. The molecule has 0 spiro atoms. The summed E-state index contributed by atoms with van der Waals surface area (Å²) in [6.45, 7) is 3.97. The smallest absolute Gasteiger partial charge is 0.270 e. The molecule has 22 heavy (non-hydrogen) atoms. The molecule has 114 valence electrons. The third kappa shape index (κ3) is 3.69. The van der Waals surface area contributed by atoms with E-state index in [2.05, 4.69) is 12.2 Å². The highest BCUT2D eigenvalue weighted by Gasteiger charge is 2.14. The van der Waals surface area contributed by atoms with E-state index in [1.165, 1.54) is 23.8 Å². The third-order valence-corrected chi connectivity index (χ3v) is 3.55. The first-order valence-corrected chi connectivity index (χ1v) is 7.15. The summed E-state index contributed by atoms with van der Waals surface area (Å²) in [5.41, 5.74) is 2.43. The number of nitrogens with zero attached hydrogens (tertiary/aromatic N) is 1. The van der Waals surface area contributed by atoms with Crippen LogP contribution in [-0.4, -0.2) is 10.8 Å². The predicted molar refractivity (Wildman–Crippen MR) is 84.8 cm³/mol. The number of nitrogens with one attached hydrogen (secondary N) is 1. The van der Waals surface area contributed by atoms with Crippen LogP contribution in [0.15, 0.2) is 48.5 Å². The van der Waals surface area contributed by atoms with Crippen molar-refractivity contribution in [1.29, 1.82) is 0 Å². The Labute approximate surface area is 129 Å². The topological polar surface area (TPSA) is 72.2 Å². The second kappa shape index (κ2) is 6.85. The van der Waals surface area contributed by atoms with Crippen LogP contribution >= 0.6 is 0 Å². The van der Waals surface area contributed by atoms with Crippen molar-refractivity contribution in [3.63, 3.8) is 0 Å². The van der Waals surface area contributed by atoms with Crippen LogP contribution in [0.2, 0.25) is 0 Å². The summed E-state index contributed by atoms with van der Waals surface area (Å²) < 4.78 is 0. The van der Waals surface area contributed by atoms with Crippen molar-refractivity contribution in [2.45, 2.75) is 26.3 Å². The first-order valence-electron chi connectivity index (χ1n) is 7.15. The lowest BCUT2D eigenvalue weighted by molar-refractivity contribution is -0.384. The fourth-order valence-electron chi connectivity index (χ4n) is 2.17. The van der Waals surface area contributed by atoms with Crippen LogP contribution < -0.4 is 5.32 Å². The first-order chi connectivity index (χ1) is 10.5. The van der Waals surface area contributed by atoms with E-state index in [9.17, 15) is 14.9 Å². The molecule has 5 heteroatoms. The number of benzene rings is 2. The minimum atomic E-state index is -0.510. The Morgan fingerprint density at radius 3 is 2.50 bits per heavy atom. The van der Waals surface area contributed by atoms with Crippen LogP contribution in [0.3, 0.4) is 0 Å². The van der Waals surface area contributed by atoms with Crippen LogP contribution in [-0.2, 0) is 6.42 Å². The molecule has 2 aromatic carbocycles. The molecule has 1 amide bonds. The molecule has 5 nitrogen and oxygen atoms in total. The Balaban J connectivity index is 2.10. The maximum absolute atomic E-state index is 12.2. The molecule has 0 radical (unpaired) electrons. The van der Waals surface area contributed by atoms with Crippen molar-refractivity contribution in [3.8, 4) is 0 Å². The summed E-state index contributed by atoms with van der Waals surface area (Å²) in [7, 11) is 0. The Morgan fingerprint density at radius 1 is 1.23 bits per heavy atom. The SMILES string of the molecule is CCc1ccc([C@@H](C)NC(=O)c2cccc([N+](=O)[O-])c2)cc1. The van der Waals surface area contributed by atoms with Gasteiger partial charge in [-0.15, -0.1) is 0 Å². The van der Waals surface area contributed by atoms with E-state index in [1.54, 1.807) is 6.07 Å². The van der Waals surface area contributed by atoms with E-state index in [0.717, 1.165) is 12.0 Å². The fourth-order valence-corrected chi connectivity index (χ4v) is 2.17. The molecule has 0 aliphatic heterocycles. The largest absolute Gasteiger partial charge is 0.346 e. The third-order valence-electron chi connectivity index (χ3n) is 3.55. The second-order valence-corrected chi connectivity index (χ2v) is 5.10. The van der Waals surface area contributed by atoms with Crippen LogP contribution in [0.1, 0.15) is 41.4 Å². The van der Waals surface area contributed by atoms with E-state index in [1.807, 2.05) is 31.2 Å². The lowest BCUT2D eigenvalue weighted by Gasteiger charge is -2.14. The van der Waals surface area contributed by atoms with Gasteiger partial charge < -0.3 is 5.32 Å². The zero-order valence-corrected chi connectivity index (χ0v) is 12.6. The van der Waals surface area contributed by atoms with E-state index in [0.29, 0.717) is 0 Å². The van der Waals surface area contributed by atoms with Gasteiger partial charge in [0.05, 0.1) is 11.0 Å². The van der Waals surface area contributed by atoms with Crippen molar-refractivity contribution in [1.82, 2.24) is 5.32 Å². The number of rotatable bonds is 5. The Kier molecular flexibility index (Phi) is 4.88. The molecule has 0 heterocycles. The lowest BCUT2D eigenvalue weighted by Crippen LogP contribution is -2.26. The molecule has 0 unspecified atom stereocenters. The molecule has 1 N–H and O–H groups in total. The molecule has 0 fully saturated rings. The van der Waals surface area contributed by atoms with E-state index in [-0.39, 0.29) is 23.2 Å². The highest BCUT2D eigenvalue weighted by molar-refractivity contribution is 5.95. The number of non-ortho nitro benzene ring substituents is 1. The number of carbonyl (C=O) groups is 1. The highest BCUT2D eigenvalue weighted by atomic mass is 16.6. The highest BCUT2D eigenvalue weighted by Crippen LogP contribution is 2.17. The maximum Gasteiger partial charge on any atom is 0.270 e. The number of nitro benzene ring substituents is 1. The maximum atomic E-state index is 12.2. The van der Waals surface area contributed by atoms with Gasteiger partial charge in [0.2, 0.25) is 0 Å². The molecule has 2 rings (SSSR count). The van der Waals surface area contributed by atoms with Crippen molar-refractivity contribution in [2.75, 3.05) is 0 Å². The Hall–Kier alpha value is -2.69. The number of hydrogen-bond acceptors (Lipinski definition) is 3. The average molecular weight is 298 g/mol. The second-order valence-electron chi connectivity index (χ2n) is 5.10. The molecule has 1 atom stereocenters. The van der Waals surface area contributed by atoms with Gasteiger partial charge >= 0.3 is 0 Å². The normalized spacial score (nSPS) is 11.7. The Bertz CT molecular complexity index is 681. The molecular formula is C17H18N2O3. The van der Waals surface area contributed by atoms with Gasteiger partial charge in [0.25, 0.3) is 11.6 Å². The number of aryl methyl sites for hydroxylation is 1. The van der Waals surface area contributed by atoms with Gasteiger partial charge in [0, 0.05) is 17.7 Å². The summed E-state index contributed by atoms with van der Waals surface area (Å²) in [4.78, 5) is 22.4. The molecule has 0 aliphatic carbocycles. The summed E-state index contributed by atoms with van der Waals surface area (Å²) in [5.74, 6) is -0.323. The number of amides is 1. The zero-order chi connectivity index (χ0) is 16.1. The molecule has 0 aromatic heterocycles. The van der Waals surface area contributed by atoms with Gasteiger partial charge in [-0.1, -0.05) is 37.3 Å². The molecule has 0 saturated heterocycles. The number of carbonyl (C=O) groups excluding carboxylic acids is 1. The van der Waals surface area contributed by atoms with Crippen molar-refractivity contribution < 1.29 is 9.72 Å². The zero-order valence-electron chi connectivity index (χ0n) is 12.6. The van der Waals surface area contributed by atoms with Crippen LogP contribution in [0.4, 0.5) is 5.69 Å². The average Bonchev–Trinajstić information content (AvgIpc) is 2.54. The van der Waals surface area contributed by atoms with Gasteiger partial charge in [0.1, 0.15) is 0 Å². The summed E-state index contributed by atoms with van der Waals surface area (Å²) in [5, 5.41) is 13.6. The fraction of sp³-hybridized carbons (Fsp3) is 0.235. The summed E-state index contributed by atoms with van der Waals surface area (Å²) >= 11 is 0. The van der Waals surface area contributed by atoms with Crippen LogP contribution in [0.5, 0.6) is 0 Å². The van der Waals surface area contributed by atoms with Crippen LogP contribution in [0.25, 0.3) is 0 Å². The van der Waals surface area contributed by atoms with Gasteiger partial charge in [-0.3, -0.25) is 14.9 Å². The number of nitro groups is 1. The molecular weight excluding hydrogens is 280 g/mol. The van der Waals surface area contributed by atoms with Gasteiger partial charge in [-0.05, 0) is 30.5 Å². The molecule has 2 aromatic rings. The molecule has 0 bridgehead atoms. The number of hydrogen-bond donors (Lipinski definition) is 1. The van der Waals surface area contributed by atoms with Crippen molar-refractivity contribution in [3.05, 3.63) is 75.3 Å². The van der Waals surface area contributed by atoms with E-state index in [4.69, 9.17) is 0 Å². The quantitative estimate of drug-likeness (QED) is 0.676. The van der Waals surface area contributed by atoms with Gasteiger partial charge in [-0.25, -0.2) is 0 Å². The minimum Gasteiger partial charge on any atom is -0.346 e. The summed E-state index contributed by atoms with van der Waals surface area (Å²) in [6, 6.07) is 13.6. The molecule has 0 aliphatic rings. The lowest BCUT2D eigenvalue weighted by atomic mass is 10.0. The summed E-state index contributed by atoms with van der Waals surface area (Å²) in [6.07, 6.45) is 0.967. The van der Waals surface area contributed by atoms with Crippen molar-refractivity contribution >= 4 is 11.6 Å². The van der Waals surface area contributed by atoms with Gasteiger partial charge in [-0.2, -0.15) is 0 Å². The first kappa shape index (κ1) is 15.7. The monoisotopic (exact) mass is 298 g/mol. The van der Waals surface area contributed by atoms with Crippen LogP contribution in [0, 0.1) is 10.1 Å². The van der Waals surface area contributed by atoms with Crippen molar-refractivity contribution in [2.24, 2.45) is 0 Å². The van der Waals surface area contributed by atoms with E-state index >= 15 is 0 Å². The Morgan fingerprint density at radius 2 is 1.91 bits per heavy atom.